The number of carbonyl (C=O) groups excluding carboxylic acids is 1. The molecule has 1 aliphatic rings. The van der Waals surface area contributed by atoms with E-state index >= 15 is 0 Å². The monoisotopic (exact) mass is 362 g/mol. The number of imidazole rings is 1. The Kier molecular flexibility index (Phi) is 5.50. The molecule has 0 aromatic carbocycles. The molecule has 1 amide bonds. The molecule has 0 aliphatic carbocycles. The summed E-state index contributed by atoms with van der Waals surface area (Å²) in [6.45, 7) is 2.54. The number of carboxylic acid groups (broad SMARTS) is 1. The van der Waals surface area contributed by atoms with E-state index < -0.39 is 5.97 Å². The number of likely N-dealkylation sites (tertiary alicyclic amines) is 1. The van der Waals surface area contributed by atoms with Crippen LogP contribution in [0, 0.1) is 0 Å². The molecule has 25 heavy (non-hydrogen) atoms. The summed E-state index contributed by atoms with van der Waals surface area (Å²) in [5.74, 6) is 0.324. The molecule has 3 rings (SSSR count). The van der Waals surface area contributed by atoms with Crippen LogP contribution in [0.25, 0.3) is 0 Å². The Morgan fingerprint density at radius 3 is 3.04 bits per heavy atom. The Morgan fingerprint density at radius 1 is 1.48 bits per heavy atom. The zero-order chi connectivity index (χ0) is 17.8. The quantitative estimate of drug-likeness (QED) is 0.824. The van der Waals surface area contributed by atoms with Gasteiger partial charge >= 0.3 is 5.97 Å². The highest BCUT2D eigenvalue weighted by molar-refractivity contribution is 7.12. The first kappa shape index (κ1) is 17.6. The predicted octanol–water partition coefficient (Wildman–Crippen LogP) is 2.39. The van der Waals surface area contributed by atoms with Crippen LogP contribution in [-0.4, -0.2) is 51.1 Å². The average Bonchev–Trinajstić information content (AvgIpc) is 3.22. The fourth-order valence-corrected chi connectivity index (χ4v) is 3.97. The largest absolute Gasteiger partial charge is 0.477 e. The zero-order valence-electron chi connectivity index (χ0n) is 14.1. The summed E-state index contributed by atoms with van der Waals surface area (Å²) in [6.07, 6.45) is 6.34. The van der Waals surface area contributed by atoms with E-state index in [2.05, 4.69) is 19.8 Å². The van der Waals surface area contributed by atoms with Crippen LogP contribution in [0.1, 0.15) is 40.7 Å². The molecule has 7 nitrogen and oxygen atoms in total. The molecule has 0 spiro atoms. The van der Waals surface area contributed by atoms with Gasteiger partial charge in [0.05, 0.1) is 5.69 Å². The Labute approximate surface area is 150 Å². The van der Waals surface area contributed by atoms with Crippen LogP contribution in [-0.2, 0) is 11.8 Å². The second kappa shape index (κ2) is 7.79. The van der Waals surface area contributed by atoms with Crippen LogP contribution in [0.15, 0.2) is 23.8 Å². The number of aromatic carboxylic acids is 1. The first-order valence-corrected chi connectivity index (χ1v) is 9.22. The van der Waals surface area contributed by atoms with E-state index in [-0.39, 0.29) is 10.8 Å². The third kappa shape index (κ3) is 4.26. The van der Waals surface area contributed by atoms with E-state index in [0.29, 0.717) is 24.6 Å². The Bertz CT molecular complexity index is 755. The van der Waals surface area contributed by atoms with E-state index in [4.69, 9.17) is 5.11 Å². The second-order valence-corrected chi connectivity index (χ2v) is 7.22. The highest BCUT2D eigenvalue weighted by atomic mass is 32.1. The number of carbonyl (C=O) groups is 2. The van der Waals surface area contributed by atoms with Gasteiger partial charge < -0.3 is 19.9 Å². The second-order valence-electron chi connectivity index (χ2n) is 6.30. The number of piperidine rings is 1. The van der Waals surface area contributed by atoms with Gasteiger partial charge in [-0.2, -0.15) is 0 Å². The molecule has 2 aromatic heterocycles. The third-order valence-corrected chi connectivity index (χ3v) is 5.42. The van der Waals surface area contributed by atoms with Gasteiger partial charge in [0, 0.05) is 44.9 Å². The number of anilines is 1. The van der Waals surface area contributed by atoms with E-state index in [1.54, 1.807) is 11.4 Å². The van der Waals surface area contributed by atoms with Crippen molar-refractivity contribution < 1.29 is 14.7 Å². The molecule has 134 valence electrons. The maximum Gasteiger partial charge on any atom is 0.348 e. The van der Waals surface area contributed by atoms with Crippen molar-refractivity contribution in [1.29, 1.82) is 0 Å². The van der Waals surface area contributed by atoms with Gasteiger partial charge in [-0.05, 0) is 30.8 Å². The maximum absolute atomic E-state index is 12.1. The number of carboxylic acids is 1. The first-order valence-electron chi connectivity index (χ1n) is 8.35. The van der Waals surface area contributed by atoms with Gasteiger partial charge in [0.2, 0.25) is 5.91 Å². The van der Waals surface area contributed by atoms with Gasteiger partial charge in [0.15, 0.2) is 0 Å². The van der Waals surface area contributed by atoms with Gasteiger partial charge in [-0.1, -0.05) is 0 Å². The molecule has 8 heteroatoms. The normalized spacial score (nSPS) is 18.2. The first-order chi connectivity index (χ1) is 12.0. The van der Waals surface area contributed by atoms with E-state index in [0.717, 1.165) is 43.1 Å². The van der Waals surface area contributed by atoms with Crippen LogP contribution in [0.5, 0.6) is 0 Å². The Balaban J connectivity index is 1.51. The number of nitrogens with zero attached hydrogens (tertiary/aromatic N) is 3. The van der Waals surface area contributed by atoms with E-state index in [1.807, 2.05) is 19.4 Å². The number of thiophene rings is 1. The molecule has 1 fully saturated rings. The summed E-state index contributed by atoms with van der Waals surface area (Å²) >= 11 is 1.11. The lowest BCUT2D eigenvalue weighted by atomic mass is 9.97. The van der Waals surface area contributed by atoms with Gasteiger partial charge in [-0.15, -0.1) is 11.3 Å². The lowest BCUT2D eigenvalue weighted by molar-refractivity contribution is -0.116. The Morgan fingerprint density at radius 2 is 2.32 bits per heavy atom. The number of hydrogen-bond donors (Lipinski definition) is 2. The zero-order valence-corrected chi connectivity index (χ0v) is 15.0. The highest BCUT2D eigenvalue weighted by Gasteiger charge is 2.24. The van der Waals surface area contributed by atoms with Crippen LogP contribution in [0.3, 0.4) is 0 Å². The molecule has 1 aliphatic heterocycles. The molecule has 3 heterocycles. The number of hydrogen-bond acceptors (Lipinski definition) is 5. The molecule has 0 unspecified atom stereocenters. The van der Waals surface area contributed by atoms with E-state index in [1.165, 1.54) is 0 Å². The van der Waals surface area contributed by atoms with Crippen LogP contribution in [0.4, 0.5) is 5.69 Å². The number of rotatable bonds is 6. The van der Waals surface area contributed by atoms with Crippen LogP contribution >= 0.6 is 11.3 Å². The van der Waals surface area contributed by atoms with Crippen molar-refractivity contribution in [2.75, 3.05) is 25.0 Å². The minimum Gasteiger partial charge on any atom is -0.477 e. The lowest BCUT2D eigenvalue weighted by Gasteiger charge is -2.32. The topological polar surface area (TPSA) is 87.5 Å². The number of aromatic nitrogens is 2. The maximum atomic E-state index is 12.1. The third-order valence-electron chi connectivity index (χ3n) is 4.52. The summed E-state index contributed by atoms with van der Waals surface area (Å²) in [5.41, 5.74) is 0.382. The standard InChI is InChI=1S/C17H22N4O3S/c1-20-9-6-18-16(20)12-3-2-7-21(11-12)8-4-14(22)19-13-5-10-25-15(13)17(23)24/h5-6,9-10,12H,2-4,7-8,11H2,1H3,(H,19,22)(H,23,24)/t12-/m1/s1. The van der Waals surface area contributed by atoms with Crippen LogP contribution < -0.4 is 5.32 Å². The van der Waals surface area contributed by atoms with Crippen molar-refractivity contribution >= 4 is 28.9 Å². The van der Waals surface area contributed by atoms with Crippen LogP contribution in [0.2, 0.25) is 0 Å². The highest BCUT2D eigenvalue weighted by Crippen LogP contribution is 2.26. The minimum absolute atomic E-state index is 0.153. The molecule has 2 aromatic rings. The fraction of sp³-hybridized carbons (Fsp3) is 0.471. The summed E-state index contributed by atoms with van der Waals surface area (Å²) in [7, 11) is 2.01. The Hall–Kier alpha value is -2.19. The molecular weight excluding hydrogens is 340 g/mol. The molecule has 0 radical (unpaired) electrons. The summed E-state index contributed by atoms with van der Waals surface area (Å²) in [4.78, 5) is 30.1. The number of nitrogens with one attached hydrogen (secondary N) is 1. The van der Waals surface area contributed by atoms with Gasteiger partial charge in [0.25, 0.3) is 0 Å². The molecule has 0 bridgehead atoms. The smallest absolute Gasteiger partial charge is 0.348 e. The molecule has 0 saturated carbocycles. The summed E-state index contributed by atoms with van der Waals surface area (Å²) in [5, 5.41) is 13.5. The van der Waals surface area contributed by atoms with Crippen molar-refractivity contribution in [3.8, 4) is 0 Å². The SMILES string of the molecule is Cn1ccnc1[C@@H]1CCCN(CCC(=O)Nc2ccsc2C(=O)O)C1. The summed E-state index contributed by atoms with van der Waals surface area (Å²) < 4.78 is 2.06. The summed E-state index contributed by atoms with van der Waals surface area (Å²) in [6, 6.07) is 1.63. The minimum atomic E-state index is -1.01. The predicted molar refractivity (Wildman–Crippen MR) is 96.1 cm³/mol. The number of aryl methyl sites for hydroxylation is 1. The average molecular weight is 362 g/mol. The number of amides is 1. The van der Waals surface area contributed by atoms with Crippen molar-refractivity contribution in [2.45, 2.75) is 25.2 Å². The lowest BCUT2D eigenvalue weighted by Crippen LogP contribution is -2.37. The van der Waals surface area contributed by atoms with Crippen molar-refractivity contribution in [3.63, 3.8) is 0 Å². The van der Waals surface area contributed by atoms with Gasteiger partial charge in [-0.25, -0.2) is 9.78 Å². The van der Waals surface area contributed by atoms with Crippen molar-refractivity contribution in [1.82, 2.24) is 14.5 Å². The molecule has 1 atom stereocenters. The van der Waals surface area contributed by atoms with Crippen molar-refractivity contribution in [3.05, 3.63) is 34.5 Å². The van der Waals surface area contributed by atoms with E-state index in [9.17, 15) is 9.59 Å². The fourth-order valence-electron chi connectivity index (χ4n) is 3.29. The van der Waals surface area contributed by atoms with Gasteiger partial charge in [0.1, 0.15) is 10.7 Å². The molecular formula is C17H22N4O3S. The molecule has 2 N–H and O–H groups in total. The van der Waals surface area contributed by atoms with Gasteiger partial charge in [-0.3, -0.25) is 4.79 Å². The van der Waals surface area contributed by atoms with Crippen molar-refractivity contribution in [2.24, 2.45) is 7.05 Å². The molecule has 1 saturated heterocycles.